The van der Waals surface area contributed by atoms with E-state index < -0.39 is 62.3 Å². The summed E-state index contributed by atoms with van der Waals surface area (Å²) in [4.78, 5) is 11.2. The number of benzene rings is 3. The topological polar surface area (TPSA) is 93.1 Å². The normalized spacial score (nSPS) is 18.6. The third-order valence-electron chi connectivity index (χ3n) is 6.71. The molecule has 39 heavy (non-hydrogen) atoms. The number of anilines is 1. The molecule has 0 aliphatic carbocycles. The van der Waals surface area contributed by atoms with Crippen LogP contribution in [-0.4, -0.2) is 45.4 Å². The first-order valence-corrected chi connectivity index (χ1v) is 13.0. The van der Waals surface area contributed by atoms with Crippen molar-refractivity contribution in [1.29, 1.82) is 0 Å². The SMILES string of the molecule is O=C(O)C1(C[C@H]2CN(S(=O)(=O)c3cccc(C(F)(F)F)c3)c3cc(-c4cc(F)ccc4F)ccc3O2)COC1. The van der Waals surface area contributed by atoms with Gasteiger partial charge in [0, 0.05) is 12.0 Å². The van der Waals surface area contributed by atoms with Gasteiger partial charge in [-0.3, -0.25) is 9.10 Å². The van der Waals surface area contributed by atoms with Crippen LogP contribution in [0.1, 0.15) is 12.0 Å². The van der Waals surface area contributed by atoms with Crippen molar-refractivity contribution < 1.29 is 49.7 Å². The monoisotopic (exact) mass is 569 g/mol. The molecule has 0 bridgehead atoms. The maximum absolute atomic E-state index is 14.5. The van der Waals surface area contributed by atoms with Crippen LogP contribution in [0.15, 0.2) is 65.6 Å². The van der Waals surface area contributed by atoms with Crippen LogP contribution < -0.4 is 9.04 Å². The lowest BCUT2D eigenvalue weighted by Crippen LogP contribution is -2.54. The number of sulfonamides is 1. The molecule has 3 aromatic rings. The smallest absolute Gasteiger partial charge is 0.416 e. The Kier molecular flexibility index (Phi) is 6.54. The first-order chi connectivity index (χ1) is 18.3. The Balaban J connectivity index is 1.61. The highest BCUT2D eigenvalue weighted by molar-refractivity contribution is 7.92. The molecule has 1 saturated heterocycles. The minimum atomic E-state index is -4.81. The zero-order valence-corrected chi connectivity index (χ0v) is 20.7. The van der Waals surface area contributed by atoms with E-state index in [-0.39, 0.29) is 42.2 Å². The van der Waals surface area contributed by atoms with Gasteiger partial charge in [-0.1, -0.05) is 12.1 Å². The molecule has 3 aromatic carbocycles. The van der Waals surface area contributed by atoms with Gasteiger partial charge in [-0.25, -0.2) is 17.2 Å². The minimum absolute atomic E-state index is 0.0249. The van der Waals surface area contributed by atoms with Gasteiger partial charge in [0.1, 0.15) is 28.9 Å². The predicted octanol–water partition coefficient (Wildman–Crippen LogP) is 5.10. The number of ether oxygens (including phenoxy) is 2. The van der Waals surface area contributed by atoms with Gasteiger partial charge in [-0.05, 0) is 54.1 Å². The molecule has 5 rings (SSSR count). The van der Waals surface area contributed by atoms with Crippen LogP contribution in [0, 0.1) is 17.0 Å². The lowest BCUT2D eigenvalue weighted by molar-refractivity contribution is -0.184. The molecule has 0 unspecified atom stereocenters. The van der Waals surface area contributed by atoms with Crippen LogP contribution in [0.5, 0.6) is 5.75 Å². The Morgan fingerprint density at radius 3 is 2.44 bits per heavy atom. The van der Waals surface area contributed by atoms with E-state index in [2.05, 4.69) is 0 Å². The van der Waals surface area contributed by atoms with Crippen molar-refractivity contribution in [2.24, 2.45) is 5.41 Å². The summed E-state index contributed by atoms with van der Waals surface area (Å²) in [5, 5.41) is 9.69. The van der Waals surface area contributed by atoms with Crippen molar-refractivity contribution in [3.8, 4) is 16.9 Å². The van der Waals surface area contributed by atoms with Gasteiger partial charge in [0.15, 0.2) is 0 Å². The standard InChI is InChI=1S/C26H20F5NO6S/c27-17-5-6-21(28)20(10-17)15-4-7-23-22(8-15)32(12-18(38-23)11-25(24(33)34)13-37-14-25)39(35,36)19-3-1-2-16(9-19)26(29,30)31/h1-10,18H,11-14H2,(H,33,34)/t18-/m0/s1. The summed E-state index contributed by atoms with van der Waals surface area (Å²) in [6.45, 7) is -0.684. The second-order valence-corrected chi connectivity index (χ2v) is 11.3. The Morgan fingerprint density at radius 2 is 1.79 bits per heavy atom. The maximum atomic E-state index is 14.5. The highest BCUT2D eigenvalue weighted by atomic mass is 32.2. The molecule has 2 heterocycles. The Hall–Kier alpha value is -3.71. The molecule has 1 N–H and O–H groups in total. The largest absolute Gasteiger partial charge is 0.486 e. The van der Waals surface area contributed by atoms with Gasteiger partial charge in [-0.2, -0.15) is 13.2 Å². The fraction of sp³-hybridized carbons (Fsp3) is 0.269. The summed E-state index contributed by atoms with van der Waals surface area (Å²) in [7, 11) is -4.67. The molecule has 0 aromatic heterocycles. The number of carboxylic acids is 1. The van der Waals surface area contributed by atoms with Crippen LogP contribution >= 0.6 is 0 Å². The first kappa shape index (κ1) is 26.9. The molecular formula is C26H20F5NO6S. The second-order valence-electron chi connectivity index (χ2n) is 9.39. The number of alkyl halides is 3. The minimum Gasteiger partial charge on any atom is -0.486 e. The van der Waals surface area contributed by atoms with E-state index >= 15 is 0 Å². The number of rotatable bonds is 6. The zero-order chi connectivity index (χ0) is 28.2. The van der Waals surface area contributed by atoms with Crippen molar-refractivity contribution in [3.05, 3.63) is 77.9 Å². The third-order valence-corrected chi connectivity index (χ3v) is 8.48. The molecule has 7 nitrogen and oxygen atoms in total. The van der Waals surface area contributed by atoms with Crippen molar-refractivity contribution in [3.63, 3.8) is 0 Å². The average molecular weight is 570 g/mol. The van der Waals surface area contributed by atoms with Gasteiger partial charge < -0.3 is 14.6 Å². The average Bonchev–Trinajstić information content (AvgIpc) is 2.86. The van der Waals surface area contributed by atoms with E-state index in [1.165, 1.54) is 18.2 Å². The number of hydrogen-bond donors (Lipinski definition) is 1. The molecular weight excluding hydrogens is 549 g/mol. The Morgan fingerprint density at radius 1 is 1.05 bits per heavy atom. The second kappa shape index (κ2) is 9.49. The number of halogens is 5. The summed E-state index contributed by atoms with van der Waals surface area (Å²) < 4.78 is 108. The van der Waals surface area contributed by atoms with E-state index in [1.807, 2.05) is 0 Å². The lowest BCUT2D eigenvalue weighted by atomic mass is 9.80. The number of carbonyl (C=O) groups is 1. The Bertz CT molecular complexity index is 1550. The van der Waals surface area contributed by atoms with E-state index in [1.54, 1.807) is 0 Å². The molecule has 1 atom stereocenters. The van der Waals surface area contributed by atoms with E-state index in [0.717, 1.165) is 40.7 Å². The quantitative estimate of drug-likeness (QED) is 0.416. The molecule has 13 heteroatoms. The molecule has 0 amide bonds. The van der Waals surface area contributed by atoms with E-state index in [0.29, 0.717) is 6.07 Å². The van der Waals surface area contributed by atoms with Gasteiger partial charge in [0.25, 0.3) is 10.0 Å². The molecule has 0 radical (unpaired) electrons. The van der Waals surface area contributed by atoms with Gasteiger partial charge >= 0.3 is 12.1 Å². The van der Waals surface area contributed by atoms with E-state index in [4.69, 9.17) is 9.47 Å². The van der Waals surface area contributed by atoms with Gasteiger partial charge in [-0.15, -0.1) is 0 Å². The first-order valence-electron chi connectivity index (χ1n) is 11.6. The number of hydrogen-bond acceptors (Lipinski definition) is 5. The van der Waals surface area contributed by atoms with Crippen LogP contribution in [0.2, 0.25) is 0 Å². The zero-order valence-electron chi connectivity index (χ0n) is 19.9. The highest BCUT2D eigenvalue weighted by Crippen LogP contribution is 2.44. The molecule has 0 spiro atoms. The van der Waals surface area contributed by atoms with Gasteiger partial charge in [0.2, 0.25) is 0 Å². The Labute approximate surface area is 219 Å². The van der Waals surface area contributed by atoms with Crippen LogP contribution in [0.25, 0.3) is 11.1 Å². The number of nitrogens with zero attached hydrogens (tertiary/aromatic N) is 1. The van der Waals surface area contributed by atoms with Crippen molar-refractivity contribution in [2.45, 2.75) is 23.6 Å². The fourth-order valence-corrected chi connectivity index (χ4v) is 6.15. The van der Waals surface area contributed by atoms with E-state index in [9.17, 15) is 40.3 Å². The highest BCUT2D eigenvalue weighted by Gasteiger charge is 2.50. The molecule has 2 aliphatic heterocycles. The third kappa shape index (κ3) is 4.91. The maximum Gasteiger partial charge on any atom is 0.416 e. The van der Waals surface area contributed by atoms with Crippen LogP contribution in [0.3, 0.4) is 0 Å². The number of carboxylic acid groups (broad SMARTS) is 1. The summed E-state index contributed by atoms with van der Waals surface area (Å²) in [6, 6.07) is 9.84. The van der Waals surface area contributed by atoms with Crippen molar-refractivity contribution >= 4 is 21.7 Å². The van der Waals surface area contributed by atoms with Crippen LogP contribution in [-0.2, 0) is 25.7 Å². The summed E-state index contributed by atoms with van der Waals surface area (Å²) in [5.74, 6) is -2.71. The summed E-state index contributed by atoms with van der Waals surface area (Å²) in [6.07, 6.45) is -5.96. The number of fused-ring (bicyclic) bond motifs is 1. The van der Waals surface area contributed by atoms with Crippen molar-refractivity contribution in [2.75, 3.05) is 24.1 Å². The molecule has 0 saturated carbocycles. The summed E-state index contributed by atoms with van der Waals surface area (Å²) >= 11 is 0. The number of aliphatic carboxylic acids is 1. The van der Waals surface area contributed by atoms with Crippen LogP contribution in [0.4, 0.5) is 27.6 Å². The van der Waals surface area contributed by atoms with Crippen molar-refractivity contribution in [1.82, 2.24) is 0 Å². The molecule has 2 aliphatic rings. The lowest BCUT2D eigenvalue weighted by Gasteiger charge is -2.42. The van der Waals surface area contributed by atoms with Gasteiger partial charge in [0.05, 0.1) is 35.9 Å². The molecule has 1 fully saturated rings. The fourth-order valence-electron chi connectivity index (χ4n) is 4.61. The molecule has 206 valence electrons. The summed E-state index contributed by atoms with van der Waals surface area (Å²) in [5.41, 5.74) is -2.71. The predicted molar refractivity (Wildman–Crippen MR) is 128 cm³/mol.